The van der Waals surface area contributed by atoms with Crippen LogP contribution in [-0.2, 0) is 6.54 Å². The Labute approximate surface area is 98.7 Å². The van der Waals surface area contributed by atoms with E-state index in [1.54, 1.807) is 6.07 Å². The van der Waals surface area contributed by atoms with Gasteiger partial charge in [-0.05, 0) is 37.6 Å². The van der Waals surface area contributed by atoms with Crippen LogP contribution in [0.3, 0.4) is 0 Å². The number of hydrogen-bond acceptors (Lipinski definition) is 1. The molecule has 0 spiro atoms. The predicted octanol–water partition coefficient (Wildman–Crippen LogP) is 3.34. The lowest BCUT2D eigenvalue weighted by Gasteiger charge is -2.06. The summed E-state index contributed by atoms with van der Waals surface area (Å²) in [5.74, 6) is -0.317. The molecule has 0 N–H and O–H groups in total. The van der Waals surface area contributed by atoms with Gasteiger partial charge in [-0.15, -0.1) is 0 Å². The summed E-state index contributed by atoms with van der Waals surface area (Å²) in [6.07, 6.45) is 0. The van der Waals surface area contributed by atoms with Gasteiger partial charge in [-0.25, -0.2) is 4.39 Å². The Morgan fingerprint density at radius 3 is 2.62 bits per heavy atom. The monoisotopic (exact) mass is 238 g/mol. The van der Waals surface area contributed by atoms with E-state index in [4.69, 9.17) is 11.6 Å². The van der Waals surface area contributed by atoms with Crippen molar-refractivity contribution in [3.05, 3.63) is 52.1 Å². The van der Waals surface area contributed by atoms with Gasteiger partial charge >= 0.3 is 0 Å². The Balaban J connectivity index is 2.30. The second-order valence-corrected chi connectivity index (χ2v) is 4.23. The summed E-state index contributed by atoms with van der Waals surface area (Å²) in [5.41, 5.74) is 2.91. The van der Waals surface area contributed by atoms with Gasteiger partial charge in [0.2, 0.25) is 0 Å². The third-order valence-corrected chi connectivity index (χ3v) is 2.79. The minimum atomic E-state index is -0.317. The van der Waals surface area contributed by atoms with Gasteiger partial charge in [-0.2, -0.15) is 5.10 Å². The fraction of sp³-hybridized carbons (Fsp3) is 0.250. The average Bonchev–Trinajstić information content (AvgIpc) is 2.50. The van der Waals surface area contributed by atoms with Crippen LogP contribution in [0.1, 0.15) is 17.0 Å². The lowest BCUT2D eigenvalue weighted by Crippen LogP contribution is -2.04. The van der Waals surface area contributed by atoms with Crippen LogP contribution in [0.25, 0.3) is 0 Å². The van der Waals surface area contributed by atoms with Crippen LogP contribution in [0.15, 0.2) is 24.3 Å². The maximum atomic E-state index is 12.9. The fourth-order valence-electron chi connectivity index (χ4n) is 1.65. The van der Waals surface area contributed by atoms with Crippen LogP contribution < -0.4 is 0 Å². The second-order valence-electron chi connectivity index (χ2n) is 3.82. The van der Waals surface area contributed by atoms with Crippen molar-refractivity contribution >= 4 is 11.6 Å². The molecule has 1 aromatic heterocycles. The zero-order chi connectivity index (χ0) is 11.7. The molecule has 16 heavy (non-hydrogen) atoms. The molecule has 0 saturated carbocycles. The molecule has 0 unspecified atom stereocenters. The van der Waals surface area contributed by atoms with E-state index in [1.807, 2.05) is 24.6 Å². The molecule has 0 fully saturated rings. The minimum absolute atomic E-state index is 0.317. The van der Waals surface area contributed by atoms with E-state index in [2.05, 4.69) is 5.10 Å². The van der Waals surface area contributed by atoms with E-state index in [1.165, 1.54) is 12.1 Å². The molecule has 0 atom stereocenters. The van der Waals surface area contributed by atoms with Gasteiger partial charge in [-0.3, -0.25) is 4.68 Å². The highest BCUT2D eigenvalue weighted by Gasteiger charge is 2.06. The van der Waals surface area contributed by atoms with Crippen molar-refractivity contribution in [2.45, 2.75) is 20.4 Å². The Kier molecular flexibility index (Phi) is 2.97. The summed E-state index contributed by atoms with van der Waals surface area (Å²) in [7, 11) is 0. The van der Waals surface area contributed by atoms with Gasteiger partial charge in [0.25, 0.3) is 0 Å². The first-order valence-corrected chi connectivity index (χ1v) is 5.39. The molecule has 0 aliphatic heterocycles. The number of aryl methyl sites for hydroxylation is 2. The summed E-state index contributed by atoms with van der Waals surface area (Å²) in [6.45, 7) is 4.49. The predicted molar refractivity (Wildman–Crippen MR) is 62.2 cm³/mol. The third-order valence-electron chi connectivity index (χ3n) is 2.44. The number of aromatic nitrogens is 2. The van der Waals surface area contributed by atoms with E-state index in [9.17, 15) is 4.39 Å². The standard InChI is InChI=1S/C12H12ClFN2/c1-8-5-9(2)16(15-8)7-10-3-4-11(14)6-12(10)13/h3-6H,7H2,1-2H3. The Morgan fingerprint density at radius 1 is 1.31 bits per heavy atom. The maximum absolute atomic E-state index is 12.9. The van der Waals surface area contributed by atoms with Gasteiger partial charge in [0.05, 0.1) is 12.2 Å². The van der Waals surface area contributed by atoms with Crippen LogP contribution in [-0.4, -0.2) is 9.78 Å². The second kappa shape index (κ2) is 4.26. The van der Waals surface area contributed by atoms with Crippen molar-refractivity contribution in [1.29, 1.82) is 0 Å². The van der Waals surface area contributed by atoms with Crippen molar-refractivity contribution in [2.24, 2.45) is 0 Å². The van der Waals surface area contributed by atoms with Gasteiger partial charge in [0.15, 0.2) is 0 Å². The average molecular weight is 239 g/mol. The number of nitrogens with zero attached hydrogens (tertiary/aromatic N) is 2. The zero-order valence-electron chi connectivity index (χ0n) is 9.17. The molecule has 2 rings (SSSR count). The van der Waals surface area contributed by atoms with Crippen LogP contribution in [0, 0.1) is 19.7 Å². The molecule has 84 valence electrons. The normalized spacial score (nSPS) is 10.8. The number of halogens is 2. The summed E-state index contributed by atoms with van der Waals surface area (Å²) in [5, 5.41) is 4.77. The summed E-state index contributed by atoms with van der Waals surface area (Å²) < 4.78 is 14.7. The molecular weight excluding hydrogens is 227 g/mol. The van der Waals surface area contributed by atoms with Crippen molar-refractivity contribution in [2.75, 3.05) is 0 Å². The van der Waals surface area contributed by atoms with Crippen molar-refractivity contribution in [1.82, 2.24) is 9.78 Å². The largest absolute Gasteiger partial charge is 0.265 e. The zero-order valence-corrected chi connectivity index (χ0v) is 9.92. The van der Waals surface area contributed by atoms with Crippen LogP contribution in [0.2, 0.25) is 5.02 Å². The number of rotatable bonds is 2. The van der Waals surface area contributed by atoms with Crippen LogP contribution in [0.5, 0.6) is 0 Å². The van der Waals surface area contributed by atoms with Crippen LogP contribution in [0.4, 0.5) is 4.39 Å². The Bertz CT molecular complexity index is 520. The van der Waals surface area contributed by atoms with E-state index in [-0.39, 0.29) is 5.82 Å². The van der Waals surface area contributed by atoms with Crippen molar-refractivity contribution in [3.63, 3.8) is 0 Å². The highest BCUT2D eigenvalue weighted by molar-refractivity contribution is 6.31. The van der Waals surface area contributed by atoms with Crippen molar-refractivity contribution in [3.8, 4) is 0 Å². The molecule has 1 heterocycles. The Morgan fingerprint density at radius 2 is 2.06 bits per heavy atom. The molecule has 0 aliphatic rings. The van der Waals surface area contributed by atoms with E-state index >= 15 is 0 Å². The first-order valence-electron chi connectivity index (χ1n) is 5.01. The van der Waals surface area contributed by atoms with E-state index in [0.29, 0.717) is 11.6 Å². The smallest absolute Gasteiger partial charge is 0.124 e. The van der Waals surface area contributed by atoms with Gasteiger partial charge in [0, 0.05) is 10.7 Å². The Hall–Kier alpha value is -1.35. The summed E-state index contributed by atoms with van der Waals surface area (Å²) in [6, 6.07) is 6.42. The van der Waals surface area contributed by atoms with E-state index < -0.39 is 0 Å². The van der Waals surface area contributed by atoms with Gasteiger partial charge in [0.1, 0.15) is 5.82 Å². The molecule has 0 bridgehead atoms. The summed E-state index contributed by atoms with van der Waals surface area (Å²) >= 11 is 5.96. The molecule has 4 heteroatoms. The number of hydrogen-bond donors (Lipinski definition) is 0. The minimum Gasteiger partial charge on any atom is -0.265 e. The molecule has 0 radical (unpaired) electrons. The maximum Gasteiger partial charge on any atom is 0.124 e. The first-order chi connectivity index (χ1) is 7.56. The molecular formula is C12H12ClFN2. The third kappa shape index (κ3) is 2.25. The molecule has 2 nitrogen and oxygen atoms in total. The highest BCUT2D eigenvalue weighted by atomic mass is 35.5. The van der Waals surface area contributed by atoms with Gasteiger partial charge in [-0.1, -0.05) is 17.7 Å². The molecule has 2 aromatic rings. The quantitative estimate of drug-likeness (QED) is 0.785. The summed E-state index contributed by atoms with van der Waals surface area (Å²) in [4.78, 5) is 0. The molecule has 0 saturated heterocycles. The SMILES string of the molecule is Cc1cc(C)n(Cc2ccc(F)cc2Cl)n1. The van der Waals surface area contributed by atoms with Crippen molar-refractivity contribution < 1.29 is 4.39 Å². The lowest BCUT2D eigenvalue weighted by molar-refractivity contribution is 0.622. The van der Waals surface area contributed by atoms with Gasteiger partial charge < -0.3 is 0 Å². The van der Waals surface area contributed by atoms with Crippen LogP contribution >= 0.6 is 11.6 Å². The molecule has 1 aromatic carbocycles. The topological polar surface area (TPSA) is 17.8 Å². The molecule has 0 aliphatic carbocycles. The lowest BCUT2D eigenvalue weighted by atomic mass is 10.2. The first kappa shape index (κ1) is 11.1. The fourth-order valence-corrected chi connectivity index (χ4v) is 1.87. The number of benzene rings is 1. The molecule has 0 amide bonds. The van der Waals surface area contributed by atoms with E-state index in [0.717, 1.165) is 17.0 Å². The highest BCUT2D eigenvalue weighted by Crippen LogP contribution is 2.18.